The van der Waals surface area contributed by atoms with E-state index in [9.17, 15) is 4.79 Å². The van der Waals surface area contributed by atoms with Crippen LogP contribution in [0.15, 0.2) is 0 Å². The number of hydrogen-bond donors (Lipinski definition) is 0. The van der Waals surface area contributed by atoms with Crippen molar-refractivity contribution in [2.24, 2.45) is 0 Å². The summed E-state index contributed by atoms with van der Waals surface area (Å²) in [6.45, 7) is 26.8. The van der Waals surface area contributed by atoms with Gasteiger partial charge in [0.25, 0.3) is 0 Å². The maximum absolute atomic E-state index is 12.9. The Labute approximate surface area is 192 Å². The second-order valence-electron chi connectivity index (χ2n) is 12.3. The molecule has 0 radical (unpaired) electrons. The molecule has 0 N–H and O–H groups in total. The summed E-state index contributed by atoms with van der Waals surface area (Å²) in [5.74, 6) is -0.322. The van der Waals surface area contributed by atoms with Crippen LogP contribution < -0.4 is 0 Å². The highest BCUT2D eigenvalue weighted by molar-refractivity contribution is 6.76. The largest absolute Gasteiger partial charge is 0.461 e. The molecule has 8 heteroatoms. The molecule has 0 aromatic rings. The highest BCUT2D eigenvalue weighted by atomic mass is 28.4. The number of carbonyl (C=O) groups excluding carboxylic acids is 1. The Hall–Kier alpha value is -0.256. The summed E-state index contributed by atoms with van der Waals surface area (Å²) in [5, 5.41) is -0.0167. The summed E-state index contributed by atoms with van der Waals surface area (Å²) in [6, 6.07) is 1.10. The van der Waals surface area contributed by atoms with E-state index in [2.05, 4.69) is 53.5 Å². The van der Waals surface area contributed by atoms with Crippen LogP contribution in [0.2, 0.25) is 43.8 Å². The molecule has 1 aliphatic rings. The molecule has 184 valence electrons. The Bertz CT molecular complexity index is 592. The van der Waals surface area contributed by atoms with Crippen molar-refractivity contribution in [2.75, 3.05) is 20.0 Å². The average Bonchev–Trinajstić information content (AvgIpc) is 3.07. The predicted octanol–water partition coefficient (Wildman–Crippen LogP) is 5.60. The Kier molecular flexibility index (Phi) is 9.60. The third-order valence-corrected chi connectivity index (χ3v) is 12.6. The molecule has 31 heavy (non-hydrogen) atoms. The van der Waals surface area contributed by atoms with Gasteiger partial charge in [-0.3, -0.25) is 0 Å². The molecule has 1 aliphatic heterocycles. The van der Waals surface area contributed by atoms with Crippen molar-refractivity contribution in [3.05, 3.63) is 0 Å². The third-order valence-electron chi connectivity index (χ3n) is 6.38. The van der Waals surface area contributed by atoms with Crippen LogP contribution in [0.1, 0.15) is 54.9 Å². The Morgan fingerprint density at radius 2 is 1.58 bits per heavy atom. The summed E-state index contributed by atoms with van der Waals surface area (Å²) < 4.78 is 29.7. The monoisotopic (exact) mass is 476 g/mol. The molecule has 0 spiro atoms. The lowest BCUT2D eigenvalue weighted by Crippen LogP contribution is -2.49. The van der Waals surface area contributed by atoms with Gasteiger partial charge in [0, 0.05) is 21.1 Å². The van der Waals surface area contributed by atoms with E-state index < -0.39 is 33.7 Å². The van der Waals surface area contributed by atoms with Crippen molar-refractivity contribution < 1.29 is 28.2 Å². The van der Waals surface area contributed by atoms with Gasteiger partial charge in [-0.05, 0) is 51.9 Å². The normalized spacial score (nSPS) is 22.5. The van der Waals surface area contributed by atoms with Gasteiger partial charge in [-0.25, -0.2) is 4.79 Å². The topological polar surface area (TPSA) is 66.5 Å². The number of carbonyl (C=O) groups is 1. The van der Waals surface area contributed by atoms with Gasteiger partial charge in [0.2, 0.25) is 0 Å². The lowest BCUT2D eigenvalue weighted by atomic mass is 9.91. The molecule has 1 rings (SSSR count). The summed E-state index contributed by atoms with van der Waals surface area (Å²) in [5.41, 5.74) is -0.976. The third kappa shape index (κ3) is 8.89. The molecule has 1 fully saturated rings. The van der Waals surface area contributed by atoms with Crippen LogP contribution >= 0.6 is 0 Å². The summed E-state index contributed by atoms with van der Waals surface area (Å²) in [4.78, 5) is 12.9. The zero-order chi connectivity index (χ0) is 24.3. The summed E-state index contributed by atoms with van der Waals surface area (Å²) in [6.07, 6.45) is -0.466. The first-order valence-electron chi connectivity index (χ1n) is 11.6. The molecule has 0 saturated carbocycles. The molecule has 0 aliphatic carbocycles. The highest BCUT2D eigenvalue weighted by Gasteiger charge is 2.65. The first kappa shape index (κ1) is 28.8. The molecule has 0 bridgehead atoms. The number of hydrogen-bond acceptors (Lipinski definition) is 6. The van der Waals surface area contributed by atoms with E-state index in [1.54, 1.807) is 0 Å². The minimum atomic E-state index is -2.18. The van der Waals surface area contributed by atoms with Crippen LogP contribution in [-0.4, -0.2) is 65.8 Å². The first-order chi connectivity index (χ1) is 13.8. The zero-order valence-electron chi connectivity index (χ0n) is 22.1. The zero-order valence-corrected chi connectivity index (χ0v) is 24.1. The number of esters is 1. The van der Waals surface area contributed by atoms with E-state index in [0.717, 1.165) is 6.04 Å². The highest BCUT2D eigenvalue weighted by Crippen LogP contribution is 2.52. The van der Waals surface area contributed by atoms with Gasteiger partial charge in [-0.15, -0.1) is 0 Å². The van der Waals surface area contributed by atoms with Gasteiger partial charge in [0.1, 0.15) is 18.5 Å². The minimum absolute atomic E-state index is 0.0167. The molecular weight excluding hydrogens is 428 g/mol. The standard InChI is InChI=1S/C23H48O6Si2/c1-18(2)27-20(24)19(28-31(11,12)21(3,4)5)15-23(22(6,7)29-23)16-26-17-25-13-14-30(8,9)10/h18-19H,13-17H2,1-12H3/t19-,23+/m0/s1. The second-order valence-corrected chi connectivity index (χ2v) is 22.7. The van der Waals surface area contributed by atoms with Crippen LogP contribution in [0, 0.1) is 0 Å². The fourth-order valence-corrected chi connectivity index (χ4v) is 5.03. The van der Waals surface area contributed by atoms with E-state index in [0.29, 0.717) is 19.6 Å². The van der Waals surface area contributed by atoms with Crippen molar-refractivity contribution in [1.29, 1.82) is 0 Å². The molecule has 1 heterocycles. The van der Waals surface area contributed by atoms with Crippen molar-refractivity contribution in [1.82, 2.24) is 0 Å². The molecule has 0 unspecified atom stereocenters. The Balaban J connectivity index is 2.82. The molecule has 0 aromatic heterocycles. The van der Waals surface area contributed by atoms with Gasteiger partial charge in [-0.2, -0.15) is 0 Å². The lowest BCUT2D eigenvalue weighted by Gasteiger charge is -2.39. The molecule has 1 saturated heterocycles. The van der Waals surface area contributed by atoms with Crippen LogP contribution in [-0.2, 0) is 28.2 Å². The second kappa shape index (κ2) is 10.3. The van der Waals surface area contributed by atoms with E-state index in [1.807, 2.05) is 27.7 Å². The first-order valence-corrected chi connectivity index (χ1v) is 18.2. The van der Waals surface area contributed by atoms with E-state index in [1.165, 1.54) is 0 Å². The molecule has 2 atom stereocenters. The van der Waals surface area contributed by atoms with Gasteiger partial charge < -0.3 is 23.4 Å². The quantitative estimate of drug-likeness (QED) is 0.113. The number of epoxide rings is 1. The van der Waals surface area contributed by atoms with Crippen molar-refractivity contribution >= 4 is 22.4 Å². The smallest absolute Gasteiger partial charge is 0.334 e. The van der Waals surface area contributed by atoms with Crippen LogP contribution in [0.25, 0.3) is 0 Å². The fraction of sp³-hybridized carbons (Fsp3) is 0.957. The van der Waals surface area contributed by atoms with Crippen LogP contribution in [0.5, 0.6) is 0 Å². The van der Waals surface area contributed by atoms with E-state index in [-0.39, 0.29) is 23.9 Å². The lowest BCUT2D eigenvalue weighted by molar-refractivity contribution is -0.158. The van der Waals surface area contributed by atoms with Crippen molar-refractivity contribution in [3.8, 4) is 0 Å². The Morgan fingerprint density at radius 1 is 1.03 bits per heavy atom. The Morgan fingerprint density at radius 3 is 2.00 bits per heavy atom. The predicted molar refractivity (Wildman–Crippen MR) is 131 cm³/mol. The van der Waals surface area contributed by atoms with Gasteiger partial charge in [-0.1, -0.05) is 40.4 Å². The summed E-state index contributed by atoms with van der Waals surface area (Å²) in [7, 11) is -3.31. The number of rotatable bonds is 13. The van der Waals surface area contributed by atoms with Gasteiger partial charge in [0.05, 0.1) is 18.3 Å². The molecule has 0 amide bonds. The minimum Gasteiger partial charge on any atom is -0.461 e. The van der Waals surface area contributed by atoms with E-state index >= 15 is 0 Å². The summed E-state index contributed by atoms with van der Waals surface area (Å²) >= 11 is 0. The van der Waals surface area contributed by atoms with Crippen molar-refractivity contribution in [3.63, 3.8) is 0 Å². The SMILES string of the molecule is CC(C)OC(=O)[C@H](C[C@]1(COCOCC[Si](C)(C)C)OC1(C)C)O[Si](C)(C)C(C)(C)C. The molecule has 0 aromatic carbocycles. The fourth-order valence-electron chi connectivity index (χ4n) is 3.03. The van der Waals surface area contributed by atoms with Crippen molar-refractivity contribution in [2.45, 2.75) is 122 Å². The molecular formula is C23H48O6Si2. The maximum atomic E-state index is 12.9. The van der Waals surface area contributed by atoms with E-state index in [4.69, 9.17) is 23.4 Å². The average molecular weight is 477 g/mol. The van der Waals surface area contributed by atoms with Crippen LogP contribution in [0.3, 0.4) is 0 Å². The maximum Gasteiger partial charge on any atom is 0.334 e. The van der Waals surface area contributed by atoms with Gasteiger partial charge in [0.15, 0.2) is 8.32 Å². The van der Waals surface area contributed by atoms with Crippen LogP contribution in [0.4, 0.5) is 0 Å². The number of ether oxygens (including phenoxy) is 4. The van der Waals surface area contributed by atoms with Gasteiger partial charge >= 0.3 is 5.97 Å². The molecule has 6 nitrogen and oxygen atoms in total.